The van der Waals surface area contributed by atoms with Crippen LogP contribution >= 0.6 is 0 Å². The number of likely N-dealkylation sites (tertiary alicyclic amines) is 1. The van der Waals surface area contributed by atoms with E-state index in [-0.39, 0.29) is 24.3 Å². The number of benzene rings is 2. The van der Waals surface area contributed by atoms with E-state index in [0.29, 0.717) is 18.8 Å². The van der Waals surface area contributed by atoms with E-state index in [1.165, 1.54) is 34.2 Å². The van der Waals surface area contributed by atoms with Crippen LogP contribution < -0.4 is 0 Å². The second kappa shape index (κ2) is 10.3. The quantitative estimate of drug-likeness (QED) is 0.537. The third-order valence-electron chi connectivity index (χ3n) is 7.47. The van der Waals surface area contributed by atoms with Crippen molar-refractivity contribution in [2.24, 2.45) is 5.92 Å². The van der Waals surface area contributed by atoms with Crippen molar-refractivity contribution in [1.29, 1.82) is 0 Å². The monoisotopic (exact) mass is 461 g/mol. The van der Waals surface area contributed by atoms with Crippen molar-refractivity contribution in [2.75, 3.05) is 26.3 Å². The Morgan fingerprint density at radius 1 is 1.09 bits per heavy atom. The van der Waals surface area contributed by atoms with Gasteiger partial charge in [0.25, 0.3) is 5.91 Å². The minimum Gasteiger partial charge on any atom is -0.459 e. The second-order valence-corrected chi connectivity index (χ2v) is 9.63. The largest absolute Gasteiger partial charge is 0.459 e. The Kier molecular flexibility index (Phi) is 7.02. The molecule has 2 aliphatic heterocycles. The number of carbonyl (C=O) groups is 1. The van der Waals surface area contributed by atoms with Crippen LogP contribution in [0.4, 0.5) is 0 Å². The molecule has 0 radical (unpaired) electrons. The molecule has 3 aliphatic rings. The van der Waals surface area contributed by atoms with Crippen LogP contribution in [0.5, 0.6) is 0 Å². The van der Waals surface area contributed by atoms with Gasteiger partial charge in [0.05, 0.1) is 0 Å². The first-order chi connectivity index (χ1) is 16.7. The van der Waals surface area contributed by atoms with Crippen LogP contribution in [-0.2, 0) is 20.7 Å². The molecule has 0 saturated carbocycles. The van der Waals surface area contributed by atoms with Gasteiger partial charge in [0.15, 0.2) is 5.76 Å². The topological polar surface area (TPSA) is 59.0 Å². The lowest BCUT2D eigenvalue weighted by Crippen LogP contribution is -2.42. The van der Waals surface area contributed by atoms with E-state index >= 15 is 0 Å². The molecule has 0 unspecified atom stereocenters. The number of piperidine rings is 1. The van der Waals surface area contributed by atoms with Crippen LogP contribution in [0.15, 0.2) is 54.3 Å². The van der Waals surface area contributed by atoms with Gasteiger partial charge in [-0.05, 0) is 79.3 Å². The van der Waals surface area contributed by atoms with Gasteiger partial charge in [-0.2, -0.15) is 0 Å². The number of rotatable bonds is 7. The predicted octanol–water partition coefficient (Wildman–Crippen LogP) is 5.02. The SMILES string of the molecule is CCO[C@H]1OC(C(=O)N2CCCCC2)=C[C@@H](c2ccc3c(c2)Cc2ccccc2-3)[C@H]1CCCO. The smallest absolute Gasteiger partial charge is 0.288 e. The van der Waals surface area contributed by atoms with Gasteiger partial charge in [-0.25, -0.2) is 0 Å². The van der Waals surface area contributed by atoms with Crippen LogP contribution in [0.1, 0.15) is 61.6 Å². The normalized spacial score (nSPS) is 23.6. The summed E-state index contributed by atoms with van der Waals surface area (Å²) in [7, 11) is 0. The number of allylic oxidation sites excluding steroid dienone is 1. The zero-order chi connectivity index (χ0) is 23.5. The third kappa shape index (κ3) is 4.51. The van der Waals surface area contributed by atoms with Crippen LogP contribution in [0.3, 0.4) is 0 Å². The molecule has 0 bridgehead atoms. The number of aliphatic hydroxyl groups is 1. The summed E-state index contributed by atoms with van der Waals surface area (Å²) >= 11 is 0. The second-order valence-electron chi connectivity index (χ2n) is 9.63. The van der Waals surface area contributed by atoms with Crippen molar-refractivity contribution in [3.05, 3.63) is 71.0 Å². The van der Waals surface area contributed by atoms with E-state index in [1.807, 2.05) is 17.9 Å². The summed E-state index contributed by atoms with van der Waals surface area (Å²) in [6.45, 7) is 4.17. The number of fused-ring (bicyclic) bond motifs is 3. The zero-order valence-corrected chi connectivity index (χ0v) is 20.0. The lowest BCUT2D eigenvalue weighted by molar-refractivity contribution is -0.170. The van der Waals surface area contributed by atoms with Crippen LogP contribution in [0, 0.1) is 5.92 Å². The van der Waals surface area contributed by atoms with Crippen molar-refractivity contribution in [3.8, 4) is 11.1 Å². The molecule has 34 heavy (non-hydrogen) atoms. The van der Waals surface area contributed by atoms with Crippen molar-refractivity contribution in [2.45, 2.75) is 57.7 Å². The maximum atomic E-state index is 13.4. The standard InChI is InChI=1S/C29H35NO4/c1-2-33-29-25(11-8-16-31)26(19-27(34-29)28(32)30-14-6-3-7-15-30)21-12-13-24-22(18-21)17-20-9-4-5-10-23(20)24/h4-5,9-10,12-13,18-19,25-26,29,31H,2-3,6-8,11,14-17H2,1H3/t25-,26+,29+/m1/s1. The lowest BCUT2D eigenvalue weighted by Gasteiger charge is -2.38. The van der Waals surface area contributed by atoms with E-state index < -0.39 is 6.29 Å². The Labute approximate surface area is 202 Å². The molecule has 2 aromatic carbocycles. The number of hydrogen-bond acceptors (Lipinski definition) is 4. The Bertz CT molecular complexity index is 1060. The molecule has 0 spiro atoms. The minimum atomic E-state index is -0.499. The maximum Gasteiger partial charge on any atom is 0.288 e. The molecule has 1 saturated heterocycles. The summed E-state index contributed by atoms with van der Waals surface area (Å²) in [5, 5.41) is 9.55. The molecular formula is C29H35NO4. The van der Waals surface area contributed by atoms with Crippen LogP contribution in [0.2, 0.25) is 0 Å². The predicted molar refractivity (Wildman–Crippen MR) is 132 cm³/mol. The molecule has 180 valence electrons. The van der Waals surface area contributed by atoms with E-state index in [0.717, 1.165) is 38.8 Å². The summed E-state index contributed by atoms with van der Waals surface area (Å²) in [6.07, 6.45) is 7.16. The number of aliphatic hydroxyl groups excluding tert-OH is 1. The molecule has 1 N–H and O–H groups in total. The van der Waals surface area contributed by atoms with Gasteiger partial charge >= 0.3 is 0 Å². The van der Waals surface area contributed by atoms with Gasteiger partial charge in [0, 0.05) is 38.1 Å². The summed E-state index contributed by atoms with van der Waals surface area (Å²) in [5.41, 5.74) is 6.50. The highest BCUT2D eigenvalue weighted by atomic mass is 16.7. The molecule has 1 aliphatic carbocycles. The van der Waals surface area contributed by atoms with E-state index in [4.69, 9.17) is 9.47 Å². The van der Waals surface area contributed by atoms with Crippen molar-refractivity contribution < 1.29 is 19.4 Å². The highest BCUT2D eigenvalue weighted by molar-refractivity contribution is 5.92. The fraction of sp³-hybridized carbons (Fsp3) is 0.483. The van der Waals surface area contributed by atoms with Gasteiger partial charge in [-0.3, -0.25) is 4.79 Å². The summed E-state index contributed by atoms with van der Waals surface area (Å²) < 4.78 is 12.3. The summed E-state index contributed by atoms with van der Waals surface area (Å²) in [5.74, 6) is 0.416. The molecule has 5 heteroatoms. The number of ether oxygens (including phenoxy) is 2. The Morgan fingerprint density at radius 2 is 1.88 bits per heavy atom. The number of carbonyl (C=O) groups excluding carboxylic acids is 1. The van der Waals surface area contributed by atoms with Crippen LogP contribution in [0.25, 0.3) is 11.1 Å². The maximum absolute atomic E-state index is 13.4. The fourth-order valence-electron chi connectivity index (χ4n) is 5.76. The molecule has 0 aromatic heterocycles. The minimum absolute atomic E-state index is 0.00500. The molecule has 1 amide bonds. The van der Waals surface area contributed by atoms with Gasteiger partial charge in [-0.15, -0.1) is 0 Å². The first-order valence-corrected chi connectivity index (χ1v) is 12.8. The molecule has 2 heterocycles. The average Bonchev–Trinajstić information content (AvgIpc) is 3.25. The number of amides is 1. The highest BCUT2D eigenvalue weighted by Gasteiger charge is 2.39. The Balaban J connectivity index is 1.50. The van der Waals surface area contributed by atoms with Crippen LogP contribution in [-0.4, -0.2) is 48.5 Å². The number of nitrogens with zero attached hydrogens (tertiary/aromatic N) is 1. The fourth-order valence-corrected chi connectivity index (χ4v) is 5.76. The van der Waals surface area contributed by atoms with Gasteiger partial charge in [-0.1, -0.05) is 42.5 Å². The van der Waals surface area contributed by atoms with Gasteiger partial charge in [0.1, 0.15) is 0 Å². The first kappa shape index (κ1) is 23.1. The molecule has 5 rings (SSSR count). The molecular weight excluding hydrogens is 426 g/mol. The molecule has 3 atom stereocenters. The molecule has 2 aromatic rings. The number of hydrogen-bond donors (Lipinski definition) is 1. The van der Waals surface area contributed by atoms with Crippen molar-refractivity contribution in [3.63, 3.8) is 0 Å². The molecule has 1 fully saturated rings. The zero-order valence-electron chi connectivity index (χ0n) is 20.0. The highest BCUT2D eigenvalue weighted by Crippen LogP contribution is 2.43. The molecule has 5 nitrogen and oxygen atoms in total. The summed E-state index contributed by atoms with van der Waals surface area (Å²) in [6, 6.07) is 15.3. The Hall–Kier alpha value is -2.63. The van der Waals surface area contributed by atoms with E-state index in [2.05, 4.69) is 42.5 Å². The van der Waals surface area contributed by atoms with Crippen molar-refractivity contribution in [1.82, 2.24) is 4.90 Å². The van der Waals surface area contributed by atoms with E-state index in [9.17, 15) is 9.90 Å². The van der Waals surface area contributed by atoms with Crippen molar-refractivity contribution >= 4 is 5.91 Å². The Morgan fingerprint density at radius 3 is 2.68 bits per heavy atom. The van der Waals surface area contributed by atoms with E-state index in [1.54, 1.807) is 0 Å². The summed E-state index contributed by atoms with van der Waals surface area (Å²) in [4.78, 5) is 15.3. The lowest BCUT2D eigenvalue weighted by atomic mass is 9.79. The third-order valence-corrected chi connectivity index (χ3v) is 7.47. The first-order valence-electron chi connectivity index (χ1n) is 12.8. The van der Waals surface area contributed by atoms with Gasteiger partial charge < -0.3 is 19.5 Å². The average molecular weight is 462 g/mol. The van der Waals surface area contributed by atoms with Gasteiger partial charge in [0.2, 0.25) is 6.29 Å².